The largest absolute Gasteiger partial charge is 0.488 e. The van der Waals surface area contributed by atoms with Crippen molar-refractivity contribution in [2.45, 2.75) is 70.9 Å². The molecule has 2 N–H and O–H groups in total. The number of benzene rings is 2. The second kappa shape index (κ2) is 11.0. The van der Waals surface area contributed by atoms with E-state index in [-0.39, 0.29) is 6.42 Å². The van der Waals surface area contributed by atoms with Gasteiger partial charge < -0.3 is 15.2 Å². The van der Waals surface area contributed by atoms with E-state index < -0.39 is 5.97 Å². The summed E-state index contributed by atoms with van der Waals surface area (Å²) < 4.78 is 7.43. The Bertz CT molecular complexity index is 1050. The number of hydrogen-bond acceptors (Lipinski definition) is 4. The monoisotopic (exact) mass is 451 g/mol. The van der Waals surface area contributed by atoms with Crippen LogP contribution in [0.15, 0.2) is 42.5 Å². The molecule has 170 valence electrons. The molecule has 0 unspecified atom stereocenters. The fraction of sp³-hybridized carbons (Fsp3) is 0.444. The maximum Gasteiger partial charge on any atom is 0.304 e. The van der Waals surface area contributed by atoms with Gasteiger partial charge >= 0.3 is 5.97 Å². The van der Waals surface area contributed by atoms with Gasteiger partial charge in [0.15, 0.2) is 0 Å². The quantitative estimate of drug-likeness (QED) is 0.339. The molecular formula is C27H33NO3S. The summed E-state index contributed by atoms with van der Waals surface area (Å²) in [7, 11) is 0. The van der Waals surface area contributed by atoms with Crippen LogP contribution in [0.2, 0.25) is 0 Å². The Balaban J connectivity index is 1.37. The molecule has 1 aliphatic carbocycles. The summed E-state index contributed by atoms with van der Waals surface area (Å²) in [4.78, 5) is 11.8. The fourth-order valence-electron chi connectivity index (χ4n) is 4.70. The maximum atomic E-state index is 10.6. The lowest BCUT2D eigenvalue weighted by Gasteiger charge is -2.24. The smallest absolute Gasteiger partial charge is 0.304 e. The Hall–Kier alpha value is -2.37. The van der Waals surface area contributed by atoms with Crippen LogP contribution in [0, 0.1) is 0 Å². The molecule has 1 saturated carbocycles. The number of aryl methyl sites for hydroxylation is 1. The van der Waals surface area contributed by atoms with Crippen molar-refractivity contribution in [3.8, 4) is 5.75 Å². The van der Waals surface area contributed by atoms with Crippen molar-refractivity contribution < 1.29 is 14.6 Å². The molecule has 3 aromatic rings. The van der Waals surface area contributed by atoms with E-state index in [2.05, 4.69) is 54.7 Å². The van der Waals surface area contributed by atoms with Crippen molar-refractivity contribution in [3.63, 3.8) is 0 Å². The Labute approximate surface area is 194 Å². The van der Waals surface area contributed by atoms with Crippen LogP contribution in [-0.4, -0.2) is 17.6 Å². The predicted octanol–water partition coefficient (Wildman–Crippen LogP) is 6.65. The Morgan fingerprint density at radius 2 is 1.97 bits per heavy atom. The van der Waals surface area contributed by atoms with Gasteiger partial charge in [0, 0.05) is 22.7 Å². The zero-order valence-corrected chi connectivity index (χ0v) is 19.7. The standard InChI is InChI=1S/C27H33NO3S/c1-2-20-15-23(9-10-25(20)21-6-4-3-5-7-21)31-18-24-16-22-14-19(8-11-26(22)32-24)17-28-13-12-27(29)30/h8-11,14-16,21,28H,2-7,12-13,17-18H2,1H3,(H,29,30). The Kier molecular flexibility index (Phi) is 7.82. The van der Waals surface area contributed by atoms with Gasteiger partial charge in [0.05, 0.1) is 6.42 Å². The van der Waals surface area contributed by atoms with Gasteiger partial charge in [0.2, 0.25) is 0 Å². The van der Waals surface area contributed by atoms with Gasteiger partial charge in [-0.3, -0.25) is 4.79 Å². The van der Waals surface area contributed by atoms with E-state index in [4.69, 9.17) is 9.84 Å². The highest BCUT2D eigenvalue weighted by molar-refractivity contribution is 7.19. The third kappa shape index (κ3) is 5.90. The first-order valence-electron chi connectivity index (χ1n) is 11.8. The van der Waals surface area contributed by atoms with E-state index in [1.807, 2.05) is 0 Å². The van der Waals surface area contributed by atoms with Crippen molar-refractivity contribution >= 4 is 27.4 Å². The van der Waals surface area contributed by atoms with Crippen LogP contribution in [0.1, 0.15) is 72.9 Å². The molecule has 0 amide bonds. The molecule has 4 nitrogen and oxygen atoms in total. The number of aliphatic carboxylic acids is 1. The van der Waals surface area contributed by atoms with Crippen molar-refractivity contribution in [2.24, 2.45) is 0 Å². The lowest BCUT2D eigenvalue weighted by atomic mass is 9.81. The SMILES string of the molecule is CCc1cc(OCc2cc3cc(CNCCC(=O)O)ccc3s2)ccc1C1CCCCC1. The van der Waals surface area contributed by atoms with Crippen LogP contribution in [0.25, 0.3) is 10.1 Å². The van der Waals surface area contributed by atoms with E-state index in [9.17, 15) is 4.79 Å². The minimum Gasteiger partial charge on any atom is -0.488 e. The number of carboxylic acids is 1. The van der Waals surface area contributed by atoms with Gasteiger partial charge in [-0.25, -0.2) is 0 Å². The number of ether oxygens (including phenoxy) is 1. The molecule has 0 saturated heterocycles. The van der Waals surface area contributed by atoms with Gasteiger partial charge in [-0.2, -0.15) is 0 Å². The molecular weight excluding hydrogens is 418 g/mol. The molecule has 0 aliphatic heterocycles. The van der Waals surface area contributed by atoms with Gasteiger partial charge in [-0.05, 0) is 77.6 Å². The molecule has 4 rings (SSSR count). The summed E-state index contributed by atoms with van der Waals surface area (Å²) in [6.07, 6.45) is 7.95. The van der Waals surface area contributed by atoms with Gasteiger partial charge in [-0.1, -0.05) is 38.3 Å². The van der Waals surface area contributed by atoms with E-state index in [1.54, 1.807) is 11.3 Å². The highest BCUT2D eigenvalue weighted by Gasteiger charge is 2.18. The number of rotatable bonds is 10. The average molecular weight is 452 g/mol. The summed E-state index contributed by atoms with van der Waals surface area (Å²) in [6.45, 7) is 3.98. The van der Waals surface area contributed by atoms with Crippen molar-refractivity contribution in [1.29, 1.82) is 0 Å². The van der Waals surface area contributed by atoms with Crippen LogP contribution >= 0.6 is 11.3 Å². The number of carbonyl (C=O) groups is 1. The van der Waals surface area contributed by atoms with Crippen LogP contribution in [0.5, 0.6) is 5.75 Å². The minimum atomic E-state index is -0.773. The maximum absolute atomic E-state index is 10.6. The van der Waals surface area contributed by atoms with Crippen molar-refractivity contribution in [2.75, 3.05) is 6.54 Å². The summed E-state index contributed by atoms with van der Waals surface area (Å²) in [5.41, 5.74) is 4.13. The Morgan fingerprint density at radius 3 is 2.75 bits per heavy atom. The van der Waals surface area contributed by atoms with Gasteiger partial charge in [0.1, 0.15) is 12.4 Å². The normalized spacial score (nSPS) is 14.7. The number of hydrogen-bond donors (Lipinski definition) is 2. The topological polar surface area (TPSA) is 58.6 Å². The number of nitrogens with one attached hydrogen (secondary N) is 1. The van der Waals surface area contributed by atoms with E-state index in [1.165, 1.54) is 63.8 Å². The molecule has 1 fully saturated rings. The molecule has 0 atom stereocenters. The first-order valence-corrected chi connectivity index (χ1v) is 12.6. The van der Waals surface area contributed by atoms with Crippen LogP contribution < -0.4 is 10.1 Å². The van der Waals surface area contributed by atoms with E-state index in [0.717, 1.165) is 18.1 Å². The lowest BCUT2D eigenvalue weighted by Crippen LogP contribution is -2.17. The summed E-state index contributed by atoms with van der Waals surface area (Å²) in [5.74, 6) is 0.912. The first-order chi connectivity index (χ1) is 15.6. The summed E-state index contributed by atoms with van der Waals surface area (Å²) >= 11 is 1.77. The Morgan fingerprint density at radius 1 is 1.12 bits per heavy atom. The molecule has 32 heavy (non-hydrogen) atoms. The molecule has 1 aromatic heterocycles. The van der Waals surface area contributed by atoms with E-state index >= 15 is 0 Å². The van der Waals surface area contributed by atoms with Crippen molar-refractivity contribution in [1.82, 2.24) is 5.32 Å². The highest BCUT2D eigenvalue weighted by atomic mass is 32.1. The highest BCUT2D eigenvalue weighted by Crippen LogP contribution is 2.36. The third-order valence-corrected chi connectivity index (χ3v) is 7.49. The first kappa shape index (κ1) is 22.8. The van der Waals surface area contributed by atoms with Crippen LogP contribution in [-0.2, 0) is 24.4 Å². The van der Waals surface area contributed by atoms with Crippen molar-refractivity contribution in [3.05, 3.63) is 64.0 Å². The molecule has 2 aromatic carbocycles. The number of carboxylic acid groups (broad SMARTS) is 1. The van der Waals surface area contributed by atoms with Crippen LogP contribution in [0.3, 0.4) is 0 Å². The summed E-state index contributed by atoms with van der Waals surface area (Å²) in [6, 6.07) is 15.3. The summed E-state index contributed by atoms with van der Waals surface area (Å²) in [5, 5.41) is 13.1. The minimum absolute atomic E-state index is 0.142. The van der Waals surface area contributed by atoms with Gasteiger partial charge in [-0.15, -0.1) is 11.3 Å². The predicted molar refractivity (Wildman–Crippen MR) is 132 cm³/mol. The number of fused-ring (bicyclic) bond motifs is 1. The van der Waals surface area contributed by atoms with E-state index in [0.29, 0.717) is 19.7 Å². The average Bonchev–Trinajstić information content (AvgIpc) is 3.23. The molecule has 0 bridgehead atoms. The second-order valence-electron chi connectivity index (χ2n) is 8.74. The number of thiophene rings is 1. The molecule has 0 spiro atoms. The molecule has 1 heterocycles. The second-order valence-corrected chi connectivity index (χ2v) is 9.91. The lowest BCUT2D eigenvalue weighted by molar-refractivity contribution is -0.136. The zero-order chi connectivity index (χ0) is 22.3. The fourth-order valence-corrected chi connectivity index (χ4v) is 5.66. The molecule has 1 aliphatic rings. The molecule has 5 heteroatoms. The third-order valence-electron chi connectivity index (χ3n) is 6.40. The van der Waals surface area contributed by atoms with Crippen LogP contribution in [0.4, 0.5) is 0 Å². The zero-order valence-electron chi connectivity index (χ0n) is 18.9. The molecule has 0 radical (unpaired) electrons. The van der Waals surface area contributed by atoms with Gasteiger partial charge in [0.25, 0.3) is 0 Å².